The quantitative estimate of drug-likeness (QED) is 0.829. The molecule has 1 amide bonds. The van der Waals surface area contributed by atoms with Gasteiger partial charge in [-0.15, -0.1) is 0 Å². The molecule has 19 heavy (non-hydrogen) atoms. The molecule has 0 saturated carbocycles. The van der Waals surface area contributed by atoms with E-state index in [1.165, 1.54) is 12.1 Å². The number of carbonyl (C=O) groups is 1. The van der Waals surface area contributed by atoms with Crippen LogP contribution >= 0.6 is 11.6 Å². The van der Waals surface area contributed by atoms with Gasteiger partial charge in [-0.1, -0.05) is 11.6 Å². The SMILES string of the molecule is Cc1nn(C)cc1CNC(=O)c1cc(N)nc(Cl)c1. The van der Waals surface area contributed by atoms with Crippen molar-refractivity contribution < 1.29 is 4.79 Å². The van der Waals surface area contributed by atoms with Gasteiger partial charge in [-0.25, -0.2) is 4.98 Å². The first-order valence-electron chi connectivity index (χ1n) is 5.66. The molecule has 0 aromatic carbocycles. The number of aromatic nitrogens is 3. The Bertz CT molecular complexity index is 602. The van der Waals surface area contributed by atoms with Gasteiger partial charge < -0.3 is 11.1 Å². The van der Waals surface area contributed by atoms with Crippen LogP contribution in [0, 0.1) is 6.92 Å². The Hall–Kier alpha value is -2.08. The Morgan fingerprint density at radius 2 is 2.26 bits per heavy atom. The largest absolute Gasteiger partial charge is 0.384 e. The lowest BCUT2D eigenvalue weighted by Gasteiger charge is -2.05. The van der Waals surface area contributed by atoms with E-state index in [0.717, 1.165) is 11.3 Å². The van der Waals surface area contributed by atoms with Crippen molar-refractivity contribution in [1.29, 1.82) is 0 Å². The predicted molar refractivity (Wildman–Crippen MR) is 72.8 cm³/mol. The van der Waals surface area contributed by atoms with Gasteiger partial charge in [-0.3, -0.25) is 9.48 Å². The molecule has 0 radical (unpaired) electrons. The summed E-state index contributed by atoms with van der Waals surface area (Å²) in [5, 5.41) is 7.19. The third kappa shape index (κ3) is 3.23. The van der Waals surface area contributed by atoms with Crippen LogP contribution in [0.4, 0.5) is 5.82 Å². The van der Waals surface area contributed by atoms with Crippen molar-refractivity contribution in [3.05, 3.63) is 40.3 Å². The van der Waals surface area contributed by atoms with E-state index >= 15 is 0 Å². The second-order valence-corrected chi connectivity index (χ2v) is 4.59. The highest BCUT2D eigenvalue weighted by Gasteiger charge is 2.10. The van der Waals surface area contributed by atoms with Crippen molar-refractivity contribution in [3.8, 4) is 0 Å². The third-order valence-corrected chi connectivity index (χ3v) is 2.82. The van der Waals surface area contributed by atoms with E-state index in [1.807, 2.05) is 20.2 Å². The molecule has 100 valence electrons. The average Bonchev–Trinajstić information content (AvgIpc) is 2.63. The maximum atomic E-state index is 12.0. The number of nitrogens with zero attached hydrogens (tertiary/aromatic N) is 3. The number of aryl methyl sites for hydroxylation is 2. The number of hydrogen-bond donors (Lipinski definition) is 2. The minimum Gasteiger partial charge on any atom is -0.384 e. The number of pyridine rings is 1. The number of hydrogen-bond acceptors (Lipinski definition) is 4. The Kier molecular flexibility index (Phi) is 3.71. The Balaban J connectivity index is 2.07. The zero-order valence-electron chi connectivity index (χ0n) is 10.6. The van der Waals surface area contributed by atoms with E-state index < -0.39 is 0 Å². The van der Waals surface area contributed by atoms with Gasteiger partial charge in [0.2, 0.25) is 0 Å². The predicted octanol–water partition coefficient (Wildman–Crippen LogP) is 1.29. The second kappa shape index (κ2) is 5.27. The van der Waals surface area contributed by atoms with Gasteiger partial charge in [-0.2, -0.15) is 5.10 Å². The summed E-state index contributed by atoms with van der Waals surface area (Å²) in [6, 6.07) is 2.96. The summed E-state index contributed by atoms with van der Waals surface area (Å²) in [7, 11) is 1.83. The number of nitrogen functional groups attached to an aromatic ring is 1. The molecule has 0 unspecified atom stereocenters. The van der Waals surface area contributed by atoms with Crippen LogP contribution in [0.2, 0.25) is 5.15 Å². The number of rotatable bonds is 3. The number of amides is 1. The first-order valence-corrected chi connectivity index (χ1v) is 6.04. The maximum Gasteiger partial charge on any atom is 0.251 e. The standard InChI is InChI=1S/C12H14ClN5O/c1-7-9(6-18(2)17-7)5-15-12(19)8-3-10(13)16-11(14)4-8/h3-4,6H,5H2,1-2H3,(H2,14,16)(H,15,19). The molecule has 0 atom stereocenters. The van der Waals surface area contributed by atoms with E-state index in [9.17, 15) is 4.79 Å². The molecule has 6 nitrogen and oxygen atoms in total. The highest BCUT2D eigenvalue weighted by Crippen LogP contribution is 2.12. The Morgan fingerprint density at radius 1 is 1.53 bits per heavy atom. The summed E-state index contributed by atoms with van der Waals surface area (Å²) in [4.78, 5) is 15.8. The molecule has 2 heterocycles. The van der Waals surface area contributed by atoms with Crippen molar-refractivity contribution >= 4 is 23.3 Å². The molecule has 0 spiro atoms. The fourth-order valence-corrected chi connectivity index (χ4v) is 1.96. The fraction of sp³-hybridized carbons (Fsp3) is 0.250. The lowest BCUT2D eigenvalue weighted by molar-refractivity contribution is 0.0951. The van der Waals surface area contributed by atoms with Crippen molar-refractivity contribution in [3.63, 3.8) is 0 Å². The summed E-state index contributed by atoms with van der Waals surface area (Å²) in [5.74, 6) is -0.0329. The van der Waals surface area contributed by atoms with E-state index in [0.29, 0.717) is 12.1 Å². The molecular weight excluding hydrogens is 266 g/mol. The van der Waals surface area contributed by atoms with E-state index in [1.54, 1.807) is 4.68 Å². The molecule has 0 saturated heterocycles. The summed E-state index contributed by atoms with van der Waals surface area (Å²) in [5.41, 5.74) is 7.78. The molecule has 0 bridgehead atoms. The lowest BCUT2D eigenvalue weighted by atomic mass is 10.2. The van der Waals surface area contributed by atoms with Crippen LogP contribution in [-0.4, -0.2) is 20.7 Å². The number of nitrogens with two attached hydrogens (primary N) is 1. The minimum absolute atomic E-state index is 0.197. The van der Waals surface area contributed by atoms with Crippen molar-refractivity contribution in [2.45, 2.75) is 13.5 Å². The number of anilines is 1. The minimum atomic E-state index is -0.251. The molecule has 0 aliphatic heterocycles. The first-order chi connectivity index (χ1) is 8.95. The summed E-state index contributed by atoms with van der Waals surface area (Å²) in [6.45, 7) is 2.29. The van der Waals surface area contributed by atoms with Crippen LogP contribution in [0.3, 0.4) is 0 Å². The molecule has 2 aromatic rings. The Morgan fingerprint density at radius 3 is 2.84 bits per heavy atom. The zero-order chi connectivity index (χ0) is 14.0. The van der Waals surface area contributed by atoms with Crippen LogP contribution in [0.1, 0.15) is 21.6 Å². The lowest BCUT2D eigenvalue weighted by Crippen LogP contribution is -2.23. The molecule has 7 heteroatoms. The van der Waals surface area contributed by atoms with Gasteiger partial charge in [0.1, 0.15) is 11.0 Å². The van der Waals surface area contributed by atoms with Gasteiger partial charge >= 0.3 is 0 Å². The van der Waals surface area contributed by atoms with Gasteiger partial charge in [0, 0.05) is 30.9 Å². The van der Waals surface area contributed by atoms with E-state index in [-0.39, 0.29) is 16.9 Å². The number of nitrogens with one attached hydrogen (secondary N) is 1. The number of halogens is 1. The second-order valence-electron chi connectivity index (χ2n) is 4.20. The van der Waals surface area contributed by atoms with Crippen molar-refractivity contribution in [1.82, 2.24) is 20.1 Å². The van der Waals surface area contributed by atoms with Gasteiger partial charge in [-0.05, 0) is 19.1 Å². The van der Waals surface area contributed by atoms with Crippen LogP contribution in [0.5, 0.6) is 0 Å². The van der Waals surface area contributed by atoms with Gasteiger partial charge in [0.05, 0.1) is 5.69 Å². The molecule has 0 fully saturated rings. The van der Waals surface area contributed by atoms with Crippen molar-refractivity contribution in [2.75, 3.05) is 5.73 Å². The van der Waals surface area contributed by atoms with Crippen LogP contribution in [0.15, 0.2) is 18.3 Å². The van der Waals surface area contributed by atoms with Crippen LogP contribution in [-0.2, 0) is 13.6 Å². The van der Waals surface area contributed by atoms with Crippen LogP contribution in [0.25, 0.3) is 0 Å². The average molecular weight is 280 g/mol. The summed E-state index contributed by atoms with van der Waals surface area (Å²) < 4.78 is 1.71. The monoisotopic (exact) mass is 279 g/mol. The van der Waals surface area contributed by atoms with E-state index in [4.69, 9.17) is 17.3 Å². The van der Waals surface area contributed by atoms with Gasteiger partial charge in [0.15, 0.2) is 0 Å². The zero-order valence-corrected chi connectivity index (χ0v) is 11.4. The first kappa shape index (κ1) is 13.4. The Labute approximate surface area is 115 Å². The molecule has 3 N–H and O–H groups in total. The van der Waals surface area contributed by atoms with E-state index in [2.05, 4.69) is 15.4 Å². The molecule has 2 rings (SSSR count). The number of carbonyl (C=O) groups excluding carboxylic acids is 1. The topological polar surface area (TPSA) is 85.8 Å². The third-order valence-electron chi connectivity index (χ3n) is 2.63. The smallest absolute Gasteiger partial charge is 0.251 e. The molecule has 0 aliphatic carbocycles. The van der Waals surface area contributed by atoms with Crippen LogP contribution < -0.4 is 11.1 Å². The van der Waals surface area contributed by atoms with Crippen molar-refractivity contribution in [2.24, 2.45) is 7.05 Å². The molecule has 2 aromatic heterocycles. The molecular formula is C12H14ClN5O. The summed E-state index contributed by atoms with van der Waals surface area (Å²) >= 11 is 5.76. The normalized spacial score (nSPS) is 10.5. The highest BCUT2D eigenvalue weighted by molar-refractivity contribution is 6.29. The maximum absolute atomic E-state index is 12.0. The van der Waals surface area contributed by atoms with Gasteiger partial charge in [0.25, 0.3) is 5.91 Å². The fourth-order valence-electron chi connectivity index (χ4n) is 1.75. The highest BCUT2D eigenvalue weighted by atomic mass is 35.5. The summed E-state index contributed by atoms with van der Waals surface area (Å²) in [6.07, 6.45) is 1.86. The molecule has 0 aliphatic rings.